The second-order valence-electron chi connectivity index (χ2n) is 6.14. The molecular weight excluding hydrogens is 315 g/mol. The summed E-state index contributed by atoms with van der Waals surface area (Å²) in [5.74, 6) is -0.437. The first-order chi connectivity index (χ1) is 12.2. The van der Waals surface area contributed by atoms with Crippen molar-refractivity contribution in [3.63, 3.8) is 0 Å². The van der Waals surface area contributed by atoms with Gasteiger partial charge in [-0.2, -0.15) is 0 Å². The summed E-state index contributed by atoms with van der Waals surface area (Å²) in [5, 5.41) is 0. The molecule has 0 spiro atoms. The van der Waals surface area contributed by atoms with E-state index in [9.17, 15) is 9.18 Å². The maximum atomic E-state index is 13.2. The summed E-state index contributed by atoms with van der Waals surface area (Å²) in [6.07, 6.45) is 4.34. The molecule has 1 atom stereocenters. The van der Waals surface area contributed by atoms with Crippen molar-refractivity contribution in [1.29, 1.82) is 0 Å². The van der Waals surface area contributed by atoms with Crippen LogP contribution in [0.5, 0.6) is 0 Å². The Balaban J connectivity index is 1.78. The van der Waals surface area contributed by atoms with Gasteiger partial charge in [-0.05, 0) is 53.4 Å². The summed E-state index contributed by atoms with van der Waals surface area (Å²) in [5.41, 5.74) is 3.84. The van der Waals surface area contributed by atoms with E-state index in [1.807, 2.05) is 29.2 Å². The molecule has 0 fully saturated rings. The predicted octanol–water partition coefficient (Wildman–Crippen LogP) is 4.01. The molecule has 0 aliphatic carbocycles. The summed E-state index contributed by atoms with van der Waals surface area (Å²) in [6, 6.07) is 17.6. The zero-order chi connectivity index (χ0) is 17.2. The highest BCUT2D eigenvalue weighted by atomic mass is 19.1. The van der Waals surface area contributed by atoms with Gasteiger partial charge in [-0.25, -0.2) is 4.39 Å². The Labute approximate surface area is 145 Å². The number of rotatable bonds is 2. The lowest BCUT2D eigenvalue weighted by Gasteiger charge is -2.37. The third kappa shape index (κ3) is 2.91. The molecule has 3 aromatic rings. The van der Waals surface area contributed by atoms with E-state index in [0.29, 0.717) is 12.1 Å². The molecule has 0 bridgehead atoms. The second kappa shape index (κ2) is 6.48. The first-order valence-corrected chi connectivity index (χ1v) is 8.28. The first-order valence-electron chi connectivity index (χ1n) is 8.28. The molecule has 1 aliphatic heterocycles. The fourth-order valence-corrected chi connectivity index (χ4v) is 3.44. The van der Waals surface area contributed by atoms with Gasteiger partial charge in [0.05, 0.1) is 6.04 Å². The highest BCUT2D eigenvalue weighted by Crippen LogP contribution is 2.35. The van der Waals surface area contributed by atoms with Gasteiger partial charge >= 0.3 is 0 Å². The van der Waals surface area contributed by atoms with E-state index in [1.165, 1.54) is 17.7 Å². The van der Waals surface area contributed by atoms with Gasteiger partial charge in [0.15, 0.2) is 0 Å². The first kappa shape index (κ1) is 15.5. The molecule has 1 aromatic heterocycles. The van der Waals surface area contributed by atoms with Gasteiger partial charge in [0.1, 0.15) is 5.82 Å². The maximum absolute atomic E-state index is 13.2. The standard InChI is InChI=1S/C21H17FN2O/c22-18-9-7-16(8-10-18)21(25)24-13-11-15-4-1-2-6-19(15)20(24)17-5-3-12-23-14-17/h1-10,12,14,20H,11,13H2. The van der Waals surface area contributed by atoms with Crippen molar-refractivity contribution in [2.24, 2.45) is 0 Å². The van der Waals surface area contributed by atoms with Gasteiger partial charge in [0, 0.05) is 24.5 Å². The summed E-state index contributed by atoms with van der Waals surface area (Å²) in [6.45, 7) is 0.618. The molecule has 4 heteroatoms. The Hall–Kier alpha value is -3.01. The van der Waals surface area contributed by atoms with Gasteiger partial charge in [-0.15, -0.1) is 0 Å². The monoisotopic (exact) mass is 332 g/mol. The van der Waals surface area contributed by atoms with Crippen LogP contribution in [0.15, 0.2) is 73.1 Å². The number of benzene rings is 2. The Kier molecular flexibility index (Phi) is 4.02. The summed E-state index contributed by atoms with van der Waals surface area (Å²) in [4.78, 5) is 19.2. The topological polar surface area (TPSA) is 33.2 Å². The van der Waals surface area contributed by atoms with Crippen LogP contribution in [0.25, 0.3) is 0 Å². The second-order valence-corrected chi connectivity index (χ2v) is 6.14. The molecule has 25 heavy (non-hydrogen) atoms. The average Bonchev–Trinajstić information content (AvgIpc) is 2.68. The molecule has 3 nitrogen and oxygen atoms in total. The van der Waals surface area contributed by atoms with Crippen molar-refractivity contribution in [3.05, 3.63) is 101 Å². The Morgan fingerprint density at radius 3 is 2.60 bits per heavy atom. The van der Waals surface area contributed by atoms with Crippen LogP contribution in [0.2, 0.25) is 0 Å². The quantitative estimate of drug-likeness (QED) is 0.710. The molecule has 4 rings (SSSR count). The fourth-order valence-electron chi connectivity index (χ4n) is 3.44. The Morgan fingerprint density at radius 1 is 1.04 bits per heavy atom. The number of hydrogen-bond donors (Lipinski definition) is 0. The number of aromatic nitrogens is 1. The summed E-state index contributed by atoms with van der Waals surface area (Å²) in [7, 11) is 0. The van der Waals surface area contributed by atoms with Crippen molar-refractivity contribution in [2.75, 3.05) is 6.54 Å². The number of nitrogens with zero attached hydrogens (tertiary/aromatic N) is 2. The minimum atomic E-state index is -0.343. The highest BCUT2D eigenvalue weighted by Gasteiger charge is 2.32. The van der Waals surface area contributed by atoms with Crippen LogP contribution in [0.3, 0.4) is 0 Å². The zero-order valence-corrected chi connectivity index (χ0v) is 13.6. The van der Waals surface area contributed by atoms with E-state index in [1.54, 1.807) is 24.5 Å². The molecule has 1 amide bonds. The number of hydrogen-bond acceptors (Lipinski definition) is 2. The van der Waals surface area contributed by atoms with E-state index < -0.39 is 0 Å². The van der Waals surface area contributed by atoms with E-state index in [0.717, 1.165) is 17.5 Å². The normalized spacial score (nSPS) is 16.4. The number of carbonyl (C=O) groups excluding carboxylic acids is 1. The number of fused-ring (bicyclic) bond motifs is 1. The molecule has 1 aliphatic rings. The molecule has 2 heterocycles. The van der Waals surface area contributed by atoms with Crippen LogP contribution < -0.4 is 0 Å². The number of carbonyl (C=O) groups is 1. The summed E-state index contributed by atoms with van der Waals surface area (Å²) >= 11 is 0. The van der Waals surface area contributed by atoms with Gasteiger partial charge < -0.3 is 4.90 Å². The minimum absolute atomic E-state index is 0.0941. The van der Waals surface area contributed by atoms with Crippen molar-refractivity contribution < 1.29 is 9.18 Å². The van der Waals surface area contributed by atoms with Crippen molar-refractivity contribution >= 4 is 5.91 Å². The van der Waals surface area contributed by atoms with E-state index in [4.69, 9.17) is 0 Å². The van der Waals surface area contributed by atoms with Gasteiger partial charge in [-0.3, -0.25) is 9.78 Å². The molecular formula is C21H17FN2O. The van der Waals surface area contributed by atoms with Crippen LogP contribution in [0.1, 0.15) is 33.1 Å². The maximum Gasteiger partial charge on any atom is 0.254 e. The van der Waals surface area contributed by atoms with Crippen molar-refractivity contribution in [2.45, 2.75) is 12.5 Å². The van der Waals surface area contributed by atoms with Crippen molar-refractivity contribution in [3.8, 4) is 0 Å². The van der Waals surface area contributed by atoms with Crippen LogP contribution >= 0.6 is 0 Å². The molecule has 0 saturated heterocycles. The summed E-state index contributed by atoms with van der Waals surface area (Å²) < 4.78 is 13.2. The largest absolute Gasteiger partial charge is 0.327 e. The number of halogens is 1. The predicted molar refractivity (Wildman–Crippen MR) is 93.7 cm³/mol. The molecule has 0 radical (unpaired) electrons. The Morgan fingerprint density at radius 2 is 1.84 bits per heavy atom. The van der Waals surface area contributed by atoms with E-state index in [-0.39, 0.29) is 17.8 Å². The minimum Gasteiger partial charge on any atom is -0.327 e. The van der Waals surface area contributed by atoms with E-state index >= 15 is 0 Å². The third-order valence-corrected chi connectivity index (χ3v) is 4.64. The number of pyridine rings is 1. The van der Waals surface area contributed by atoms with Crippen LogP contribution in [0.4, 0.5) is 4.39 Å². The van der Waals surface area contributed by atoms with E-state index in [2.05, 4.69) is 17.1 Å². The lowest BCUT2D eigenvalue weighted by atomic mass is 9.88. The molecule has 0 N–H and O–H groups in total. The third-order valence-electron chi connectivity index (χ3n) is 4.64. The average molecular weight is 332 g/mol. The number of amides is 1. The SMILES string of the molecule is O=C(c1ccc(F)cc1)N1CCc2ccccc2C1c1cccnc1. The molecule has 1 unspecified atom stereocenters. The molecule has 124 valence electrons. The lowest BCUT2D eigenvalue weighted by Crippen LogP contribution is -2.40. The molecule has 2 aromatic carbocycles. The Bertz CT molecular complexity index is 893. The fraction of sp³-hybridized carbons (Fsp3) is 0.143. The zero-order valence-electron chi connectivity index (χ0n) is 13.6. The highest BCUT2D eigenvalue weighted by molar-refractivity contribution is 5.95. The van der Waals surface area contributed by atoms with Crippen molar-refractivity contribution in [1.82, 2.24) is 9.88 Å². The van der Waals surface area contributed by atoms with Crippen LogP contribution in [0, 0.1) is 5.82 Å². The molecule has 0 saturated carbocycles. The smallest absolute Gasteiger partial charge is 0.254 e. The van der Waals surface area contributed by atoms with Crippen LogP contribution in [-0.2, 0) is 6.42 Å². The van der Waals surface area contributed by atoms with Crippen LogP contribution in [-0.4, -0.2) is 22.3 Å². The lowest BCUT2D eigenvalue weighted by molar-refractivity contribution is 0.0694. The van der Waals surface area contributed by atoms with Gasteiger partial charge in [-0.1, -0.05) is 30.3 Å². The van der Waals surface area contributed by atoms with Gasteiger partial charge in [0.25, 0.3) is 5.91 Å². The van der Waals surface area contributed by atoms with Gasteiger partial charge in [0.2, 0.25) is 0 Å².